The predicted octanol–water partition coefficient (Wildman–Crippen LogP) is 5.33. The summed E-state index contributed by atoms with van der Waals surface area (Å²) >= 11 is 0. The number of hydrogen-bond donors (Lipinski definition) is 0. The molecule has 4 aromatic rings. The molecule has 3 aromatic carbocycles. The molecule has 0 saturated heterocycles. The fourth-order valence-electron chi connectivity index (χ4n) is 2.75. The van der Waals surface area contributed by atoms with Crippen LogP contribution < -0.4 is 0 Å². The Labute approximate surface area is 125 Å². The van der Waals surface area contributed by atoms with E-state index in [1.165, 1.54) is 24.3 Å². The molecule has 0 radical (unpaired) electrons. The summed E-state index contributed by atoms with van der Waals surface area (Å²) in [6.07, 6.45) is 0. The van der Waals surface area contributed by atoms with Crippen LogP contribution in [0.25, 0.3) is 32.9 Å². The van der Waals surface area contributed by atoms with Gasteiger partial charge in [-0.1, -0.05) is 18.2 Å². The molecule has 0 aliphatic heterocycles. The standard InChI is InChI=1S/C19H11F2N/c20-13-7-5-12(6-8-13)19-16-10-9-14(21)11-17(16)15-3-1-2-4-18(15)22-19/h1-11H. The van der Waals surface area contributed by atoms with E-state index in [4.69, 9.17) is 0 Å². The van der Waals surface area contributed by atoms with E-state index in [0.29, 0.717) is 0 Å². The quantitative estimate of drug-likeness (QED) is 0.432. The Hall–Kier alpha value is -2.81. The van der Waals surface area contributed by atoms with E-state index in [2.05, 4.69) is 4.98 Å². The fourth-order valence-corrected chi connectivity index (χ4v) is 2.75. The third-order valence-corrected chi connectivity index (χ3v) is 3.78. The van der Waals surface area contributed by atoms with Crippen LogP contribution in [0.3, 0.4) is 0 Å². The first kappa shape index (κ1) is 12.9. The van der Waals surface area contributed by atoms with Crippen molar-refractivity contribution in [2.75, 3.05) is 0 Å². The average Bonchev–Trinajstić information content (AvgIpc) is 2.55. The van der Waals surface area contributed by atoms with Crippen molar-refractivity contribution in [1.29, 1.82) is 0 Å². The van der Waals surface area contributed by atoms with Crippen LogP contribution in [0.1, 0.15) is 0 Å². The van der Waals surface area contributed by atoms with E-state index in [1.54, 1.807) is 18.2 Å². The van der Waals surface area contributed by atoms with Crippen LogP contribution in [0.2, 0.25) is 0 Å². The summed E-state index contributed by atoms with van der Waals surface area (Å²) in [7, 11) is 0. The van der Waals surface area contributed by atoms with Gasteiger partial charge >= 0.3 is 0 Å². The zero-order chi connectivity index (χ0) is 15.1. The zero-order valence-corrected chi connectivity index (χ0v) is 11.6. The highest BCUT2D eigenvalue weighted by molar-refractivity contribution is 6.10. The van der Waals surface area contributed by atoms with Crippen molar-refractivity contribution in [3.63, 3.8) is 0 Å². The lowest BCUT2D eigenvalue weighted by Crippen LogP contribution is -1.90. The van der Waals surface area contributed by atoms with Crippen LogP contribution >= 0.6 is 0 Å². The lowest BCUT2D eigenvalue weighted by atomic mass is 10.00. The number of pyridine rings is 1. The number of halogens is 2. The first-order chi connectivity index (χ1) is 10.7. The summed E-state index contributed by atoms with van der Waals surface area (Å²) in [4.78, 5) is 4.69. The number of fused-ring (bicyclic) bond motifs is 3. The van der Waals surface area contributed by atoms with Gasteiger partial charge in [0.15, 0.2) is 0 Å². The van der Waals surface area contributed by atoms with Crippen molar-refractivity contribution in [3.05, 3.63) is 78.4 Å². The van der Waals surface area contributed by atoms with Gasteiger partial charge in [-0.2, -0.15) is 0 Å². The van der Waals surface area contributed by atoms with Gasteiger partial charge in [0, 0.05) is 16.3 Å². The zero-order valence-electron chi connectivity index (χ0n) is 11.6. The van der Waals surface area contributed by atoms with Crippen molar-refractivity contribution in [2.24, 2.45) is 0 Å². The number of benzene rings is 3. The summed E-state index contributed by atoms with van der Waals surface area (Å²) in [6, 6.07) is 18.5. The first-order valence-corrected chi connectivity index (χ1v) is 6.96. The average molecular weight is 291 g/mol. The van der Waals surface area contributed by atoms with E-state index in [9.17, 15) is 8.78 Å². The molecule has 0 fully saturated rings. The van der Waals surface area contributed by atoms with Gasteiger partial charge in [-0.15, -0.1) is 0 Å². The molecule has 0 atom stereocenters. The lowest BCUT2D eigenvalue weighted by Gasteiger charge is -2.10. The number of rotatable bonds is 1. The normalized spacial score (nSPS) is 11.2. The third kappa shape index (κ3) is 2.02. The molecule has 0 N–H and O–H groups in total. The molecule has 0 amide bonds. The molecule has 0 bridgehead atoms. The van der Waals surface area contributed by atoms with E-state index < -0.39 is 0 Å². The Kier molecular flexibility index (Phi) is 2.86. The monoisotopic (exact) mass is 291 g/mol. The van der Waals surface area contributed by atoms with Gasteiger partial charge in [0.2, 0.25) is 0 Å². The van der Waals surface area contributed by atoms with Gasteiger partial charge in [0.05, 0.1) is 11.2 Å². The Bertz CT molecular complexity index is 991. The van der Waals surface area contributed by atoms with Crippen molar-refractivity contribution >= 4 is 21.7 Å². The summed E-state index contributed by atoms with van der Waals surface area (Å²) < 4.78 is 26.8. The van der Waals surface area contributed by atoms with Crippen LogP contribution in [0.15, 0.2) is 66.7 Å². The fraction of sp³-hybridized carbons (Fsp3) is 0. The molecule has 22 heavy (non-hydrogen) atoms. The van der Waals surface area contributed by atoms with Gasteiger partial charge in [-0.25, -0.2) is 13.8 Å². The minimum absolute atomic E-state index is 0.283. The van der Waals surface area contributed by atoms with Crippen molar-refractivity contribution < 1.29 is 8.78 Å². The topological polar surface area (TPSA) is 12.9 Å². The lowest BCUT2D eigenvalue weighted by molar-refractivity contribution is 0.628. The number of nitrogens with zero attached hydrogens (tertiary/aromatic N) is 1. The Balaban J connectivity index is 2.14. The highest BCUT2D eigenvalue weighted by Gasteiger charge is 2.11. The molecule has 1 aromatic heterocycles. The number of hydrogen-bond acceptors (Lipinski definition) is 1. The van der Waals surface area contributed by atoms with Gasteiger partial charge in [-0.3, -0.25) is 0 Å². The van der Waals surface area contributed by atoms with E-state index >= 15 is 0 Å². The van der Waals surface area contributed by atoms with Crippen LogP contribution in [0, 0.1) is 11.6 Å². The molecule has 4 rings (SSSR count). The minimum Gasteiger partial charge on any atom is -0.247 e. The summed E-state index contributed by atoms with van der Waals surface area (Å²) in [5.41, 5.74) is 2.33. The van der Waals surface area contributed by atoms with Crippen LogP contribution in [-0.2, 0) is 0 Å². The smallest absolute Gasteiger partial charge is 0.123 e. The molecule has 3 heteroatoms. The Morgan fingerprint density at radius 3 is 2.18 bits per heavy atom. The number of para-hydroxylation sites is 1. The van der Waals surface area contributed by atoms with Crippen molar-refractivity contribution in [1.82, 2.24) is 4.98 Å². The summed E-state index contributed by atoms with van der Waals surface area (Å²) in [6.45, 7) is 0. The van der Waals surface area contributed by atoms with Crippen molar-refractivity contribution in [2.45, 2.75) is 0 Å². The van der Waals surface area contributed by atoms with Gasteiger partial charge in [0.1, 0.15) is 11.6 Å². The largest absolute Gasteiger partial charge is 0.247 e. The predicted molar refractivity (Wildman–Crippen MR) is 84.6 cm³/mol. The van der Waals surface area contributed by atoms with Gasteiger partial charge in [0.25, 0.3) is 0 Å². The van der Waals surface area contributed by atoms with Crippen LogP contribution in [0.5, 0.6) is 0 Å². The molecule has 0 spiro atoms. The molecule has 0 aliphatic rings. The summed E-state index contributed by atoms with van der Waals surface area (Å²) in [5.74, 6) is -0.575. The second-order valence-electron chi connectivity index (χ2n) is 5.17. The maximum atomic E-state index is 13.7. The van der Waals surface area contributed by atoms with Gasteiger partial charge < -0.3 is 0 Å². The molecular weight excluding hydrogens is 280 g/mol. The molecular formula is C19H11F2N. The van der Waals surface area contributed by atoms with E-state index in [0.717, 1.165) is 32.9 Å². The van der Waals surface area contributed by atoms with Gasteiger partial charge in [-0.05, 0) is 53.9 Å². The van der Waals surface area contributed by atoms with E-state index in [-0.39, 0.29) is 11.6 Å². The second-order valence-corrected chi connectivity index (χ2v) is 5.17. The highest BCUT2D eigenvalue weighted by Crippen LogP contribution is 2.32. The molecule has 0 saturated carbocycles. The second kappa shape index (κ2) is 4.88. The molecule has 1 nitrogen and oxygen atoms in total. The van der Waals surface area contributed by atoms with E-state index in [1.807, 2.05) is 24.3 Å². The molecule has 0 aliphatic carbocycles. The molecule has 1 heterocycles. The Morgan fingerprint density at radius 1 is 0.636 bits per heavy atom. The highest BCUT2D eigenvalue weighted by atomic mass is 19.1. The number of aromatic nitrogens is 1. The van der Waals surface area contributed by atoms with Crippen LogP contribution in [0.4, 0.5) is 8.78 Å². The summed E-state index contributed by atoms with van der Waals surface area (Å²) in [5, 5.41) is 2.57. The maximum absolute atomic E-state index is 13.7. The van der Waals surface area contributed by atoms with Crippen molar-refractivity contribution in [3.8, 4) is 11.3 Å². The van der Waals surface area contributed by atoms with Crippen LogP contribution in [-0.4, -0.2) is 4.98 Å². The molecule has 106 valence electrons. The maximum Gasteiger partial charge on any atom is 0.123 e. The first-order valence-electron chi connectivity index (χ1n) is 6.96. The Morgan fingerprint density at radius 2 is 1.36 bits per heavy atom. The SMILES string of the molecule is Fc1ccc(-c2nc3ccccc3c3cc(F)ccc23)cc1. The minimum atomic E-state index is -0.292. The molecule has 0 unspecified atom stereocenters. The third-order valence-electron chi connectivity index (χ3n) is 3.78.